The standard InChI is InChI=1S/C10H10BrNOS/c11-7-1-2-9-6(3-7)4-10(14-9)8(12)5-13/h1-4,8,13H,5,12H2. The molecule has 1 unspecified atom stereocenters. The van der Waals surface area contributed by atoms with Crippen LogP contribution < -0.4 is 5.73 Å². The zero-order valence-corrected chi connectivity index (χ0v) is 9.81. The first kappa shape index (κ1) is 10.1. The van der Waals surface area contributed by atoms with Crippen molar-refractivity contribution in [1.82, 2.24) is 0 Å². The second kappa shape index (κ2) is 3.98. The number of aliphatic hydroxyl groups excluding tert-OH is 1. The summed E-state index contributed by atoms with van der Waals surface area (Å²) in [5.74, 6) is 0. The van der Waals surface area contributed by atoms with Crippen molar-refractivity contribution in [2.24, 2.45) is 5.73 Å². The molecule has 0 radical (unpaired) electrons. The summed E-state index contributed by atoms with van der Waals surface area (Å²) in [6.07, 6.45) is 0. The van der Waals surface area contributed by atoms with Gasteiger partial charge in [0.1, 0.15) is 0 Å². The Kier molecular flexibility index (Phi) is 2.88. The van der Waals surface area contributed by atoms with E-state index in [1.807, 2.05) is 12.1 Å². The minimum atomic E-state index is -0.258. The fourth-order valence-corrected chi connectivity index (χ4v) is 2.72. The third-order valence-corrected chi connectivity index (χ3v) is 3.80. The van der Waals surface area contributed by atoms with Gasteiger partial charge in [0.15, 0.2) is 0 Å². The average molecular weight is 272 g/mol. The van der Waals surface area contributed by atoms with Gasteiger partial charge in [-0.15, -0.1) is 11.3 Å². The second-order valence-electron chi connectivity index (χ2n) is 3.12. The number of aliphatic hydroxyl groups is 1. The monoisotopic (exact) mass is 271 g/mol. The van der Waals surface area contributed by atoms with Crippen LogP contribution in [0.3, 0.4) is 0 Å². The molecule has 2 rings (SSSR count). The van der Waals surface area contributed by atoms with E-state index in [9.17, 15) is 0 Å². The van der Waals surface area contributed by atoms with Crippen LogP contribution >= 0.6 is 27.3 Å². The molecule has 0 saturated heterocycles. The van der Waals surface area contributed by atoms with Crippen molar-refractivity contribution >= 4 is 37.4 Å². The van der Waals surface area contributed by atoms with Crippen molar-refractivity contribution < 1.29 is 5.11 Å². The van der Waals surface area contributed by atoms with Crippen LogP contribution in [0.25, 0.3) is 10.1 Å². The van der Waals surface area contributed by atoms with E-state index in [-0.39, 0.29) is 12.6 Å². The highest BCUT2D eigenvalue weighted by atomic mass is 79.9. The lowest BCUT2D eigenvalue weighted by molar-refractivity contribution is 0.269. The van der Waals surface area contributed by atoms with Crippen LogP contribution in [-0.2, 0) is 0 Å². The predicted octanol–water partition coefficient (Wildman–Crippen LogP) is 2.66. The van der Waals surface area contributed by atoms with Gasteiger partial charge in [0, 0.05) is 14.0 Å². The molecule has 0 saturated carbocycles. The molecule has 2 nitrogen and oxygen atoms in total. The van der Waals surface area contributed by atoms with Crippen LogP contribution in [0.1, 0.15) is 10.9 Å². The van der Waals surface area contributed by atoms with Crippen molar-refractivity contribution in [2.75, 3.05) is 6.61 Å². The molecule has 0 aliphatic carbocycles. The molecule has 0 spiro atoms. The molecular formula is C10H10BrNOS. The smallest absolute Gasteiger partial charge is 0.0632 e. The van der Waals surface area contributed by atoms with Crippen LogP contribution in [0, 0.1) is 0 Å². The summed E-state index contributed by atoms with van der Waals surface area (Å²) in [6, 6.07) is 7.89. The maximum atomic E-state index is 8.94. The number of thiophene rings is 1. The number of hydrogen-bond acceptors (Lipinski definition) is 3. The lowest BCUT2D eigenvalue weighted by atomic mass is 10.2. The molecular weight excluding hydrogens is 262 g/mol. The highest BCUT2D eigenvalue weighted by Crippen LogP contribution is 2.30. The summed E-state index contributed by atoms with van der Waals surface area (Å²) >= 11 is 5.05. The zero-order valence-electron chi connectivity index (χ0n) is 7.40. The van der Waals surface area contributed by atoms with Crippen LogP contribution in [-0.4, -0.2) is 11.7 Å². The van der Waals surface area contributed by atoms with Crippen LogP contribution in [0.15, 0.2) is 28.7 Å². The zero-order chi connectivity index (χ0) is 10.1. The van der Waals surface area contributed by atoms with Crippen LogP contribution in [0.2, 0.25) is 0 Å². The van der Waals surface area contributed by atoms with Gasteiger partial charge in [-0.25, -0.2) is 0 Å². The highest BCUT2D eigenvalue weighted by molar-refractivity contribution is 9.10. The van der Waals surface area contributed by atoms with Gasteiger partial charge in [0.05, 0.1) is 12.6 Å². The molecule has 3 N–H and O–H groups in total. The molecule has 0 aliphatic rings. The number of benzene rings is 1. The normalized spacial score (nSPS) is 13.4. The Morgan fingerprint density at radius 2 is 2.21 bits per heavy atom. The molecule has 14 heavy (non-hydrogen) atoms. The van der Waals surface area contributed by atoms with Crippen molar-refractivity contribution in [3.63, 3.8) is 0 Å². The quantitative estimate of drug-likeness (QED) is 0.882. The Bertz CT molecular complexity index is 454. The Morgan fingerprint density at radius 1 is 1.43 bits per heavy atom. The van der Waals surface area contributed by atoms with Gasteiger partial charge in [-0.3, -0.25) is 0 Å². The van der Waals surface area contributed by atoms with E-state index in [1.54, 1.807) is 11.3 Å². The fourth-order valence-electron chi connectivity index (χ4n) is 1.31. The molecule has 74 valence electrons. The third kappa shape index (κ3) is 1.83. The molecule has 2 aromatic rings. The minimum Gasteiger partial charge on any atom is -0.394 e. The maximum absolute atomic E-state index is 8.94. The lowest BCUT2D eigenvalue weighted by Gasteiger charge is -2.02. The molecule has 1 atom stereocenters. The average Bonchev–Trinajstić information content (AvgIpc) is 2.59. The summed E-state index contributed by atoms with van der Waals surface area (Å²) < 4.78 is 2.26. The van der Waals surface area contributed by atoms with Crippen molar-refractivity contribution in [3.8, 4) is 0 Å². The van der Waals surface area contributed by atoms with Gasteiger partial charge in [-0.2, -0.15) is 0 Å². The Labute approximate surface area is 94.5 Å². The summed E-state index contributed by atoms with van der Waals surface area (Å²) in [4.78, 5) is 1.03. The van der Waals surface area contributed by atoms with E-state index in [4.69, 9.17) is 10.8 Å². The van der Waals surface area contributed by atoms with E-state index in [1.165, 1.54) is 10.1 Å². The second-order valence-corrected chi connectivity index (χ2v) is 5.15. The van der Waals surface area contributed by atoms with E-state index in [0.717, 1.165) is 9.35 Å². The number of fused-ring (bicyclic) bond motifs is 1. The summed E-state index contributed by atoms with van der Waals surface area (Å²) in [5, 5.41) is 10.1. The molecule has 0 fully saturated rings. The number of rotatable bonds is 2. The first-order valence-corrected chi connectivity index (χ1v) is 5.87. The van der Waals surface area contributed by atoms with Crippen LogP contribution in [0.5, 0.6) is 0 Å². The fraction of sp³-hybridized carbons (Fsp3) is 0.200. The van der Waals surface area contributed by atoms with Gasteiger partial charge in [0.25, 0.3) is 0 Å². The summed E-state index contributed by atoms with van der Waals surface area (Å²) in [7, 11) is 0. The van der Waals surface area contributed by atoms with Gasteiger partial charge in [0.2, 0.25) is 0 Å². The highest BCUT2D eigenvalue weighted by Gasteiger charge is 2.08. The minimum absolute atomic E-state index is 0.00596. The van der Waals surface area contributed by atoms with Crippen molar-refractivity contribution in [3.05, 3.63) is 33.6 Å². The molecule has 0 bridgehead atoms. The van der Waals surface area contributed by atoms with Gasteiger partial charge >= 0.3 is 0 Å². The first-order valence-electron chi connectivity index (χ1n) is 4.26. The summed E-state index contributed by atoms with van der Waals surface area (Å²) in [5.41, 5.74) is 5.74. The molecule has 0 aliphatic heterocycles. The third-order valence-electron chi connectivity index (χ3n) is 2.06. The van der Waals surface area contributed by atoms with Gasteiger partial charge in [-0.1, -0.05) is 15.9 Å². The number of nitrogens with two attached hydrogens (primary N) is 1. The molecule has 0 amide bonds. The largest absolute Gasteiger partial charge is 0.394 e. The Balaban J connectivity index is 2.51. The molecule has 1 heterocycles. The van der Waals surface area contributed by atoms with E-state index in [0.29, 0.717) is 0 Å². The Morgan fingerprint density at radius 3 is 2.93 bits per heavy atom. The molecule has 4 heteroatoms. The van der Waals surface area contributed by atoms with Gasteiger partial charge < -0.3 is 10.8 Å². The topological polar surface area (TPSA) is 46.2 Å². The summed E-state index contributed by atoms with van der Waals surface area (Å²) in [6.45, 7) is -0.00596. The number of halogens is 1. The number of hydrogen-bond donors (Lipinski definition) is 2. The van der Waals surface area contributed by atoms with Crippen LogP contribution in [0.4, 0.5) is 0 Å². The van der Waals surface area contributed by atoms with Crippen molar-refractivity contribution in [1.29, 1.82) is 0 Å². The molecule has 1 aromatic heterocycles. The SMILES string of the molecule is NC(CO)c1cc2cc(Br)ccc2s1. The van der Waals surface area contributed by atoms with E-state index in [2.05, 4.69) is 28.1 Å². The Hall–Kier alpha value is -0.420. The first-order chi connectivity index (χ1) is 6.70. The predicted molar refractivity (Wildman–Crippen MR) is 63.5 cm³/mol. The van der Waals surface area contributed by atoms with E-state index >= 15 is 0 Å². The van der Waals surface area contributed by atoms with E-state index < -0.39 is 0 Å². The van der Waals surface area contributed by atoms with Gasteiger partial charge in [-0.05, 0) is 29.7 Å². The van der Waals surface area contributed by atoms with Crippen molar-refractivity contribution in [2.45, 2.75) is 6.04 Å². The lowest BCUT2D eigenvalue weighted by Crippen LogP contribution is -2.12. The molecule has 1 aromatic carbocycles. The maximum Gasteiger partial charge on any atom is 0.0632 e.